The van der Waals surface area contributed by atoms with Gasteiger partial charge in [0.05, 0.1) is 5.92 Å². The van der Waals surface area contributed by atoms with Crippen molar-refractivity contribution in [3.8, 4) is 0 Å². The van der Waals surface area contributed by atoms with Crippen LogP contribution in [0.2, 0.25) is 0 Å². The van der Waals surface area contributed by atoms with Crippen molar-refractivity contribution < 1.29 is 14.0 Å². The lowest BCUT2D eigenvalue weighted by molar-refractivity contribution is -0.136. The highest BCUT2D eigenvalue weighted by molar-refractivity contribution is 5.91. The molecule has 0 aliphatic carbocycles. The maximum atomic E-state index is 13.3. The van der Waals surface area contributed by atoms with E-state index in [1.807, 2.05) is 49.1 Å². The Bertz CT molecular complexity index is 799. The van der Waals surface area contributed by atoms with E-state index in [0.717, 1.165) is 37.1 Å². The van der Waals surface area contributed by atoms with Crippen LogP contribution in [0.4, 0.5) is 4.39 Å². The number of nitrogens with one attached hydrogen (secondary N) is 1. The van der Waals surface area contributed by atoms with Crippen molar-refractivity contribution in [1.29, 1.82) is 0 Å². The Morgan fingerprint density at radius 2 is 1.54 bits per heavy atom. The third-order valence-electron chi connectivity index (χ3n) is 5.26. The lowest BCUT2D eigenvalue weighted by atomic mass is 9.87. The molecule has 3 rings (SSSR count). The van der Waals surface area contributed by atoms with E-state index in [1.165, 1.54) is 12.1 Å². The molecule has 0 saturated carbocycles. The van der Waals surface area contributed by atoms with Crippen LogP contribution >= 0.6 is 0 Å². The highest BCUT2D eigenvalue weighted by atomic mass is 19.1. The summed E-state index contributed by atoms with van der Waals surface area (Å²) in [6, 6.07) is 14.6. The molecule has 1 saturated heterocycles. The molecule has 1 N–H and O–H groups in total. The lowest BCUT2D eigenvalue weighted by Crippen LogP contribution is -2.44. The van der Waals surface area contributed by atoms with Crippen LogP contribution in [0.1, 0.15) is 49.8 Å². The Hall–Kier alpha value is -2.69. The van der Waals surface area contributed by atoms with Gasteiger partial charge in [-0.05, 0) is 42.0 Å². The first-order valence-electron chi connectivity index (χ1n) is 9.87. The number of carbonyl (C=O) groups excluding carboxylic acids is 2. The van der Waals surface area contributed by atoms with E-state index in [4.69, 9.17) is 0 Å². The minimum atomic E-state index is -0.714. The molecule has 2 aromatic rings. The van der Waals surface area contributed by atoms with Gasteiger partial charge in [-0.1, -0.05) is 56.3 Å². The van der Waals surface area contributed by atoms with Gasteiger partial charge in [-0.3, -0.25) is 9.59 Å². The smallest absolute Gasteiger partial charge is 0.249 e. The summed E-state index contributed by atoms with van der Waals surface area (Å²) < 4.78 is 13.3. The van der Waals surface area contributed by atoms with E-state index in [0.29, 0.717) is 0 Å². The number of hydrogen-bond donors (Lipinski definition) is 1. The summed E-state index contributed by atoms with van der Waals surface area (Å²) in [6.07, 6.45) is 1.98. The number of amides is 2. The average Bonchev–Trinajstić information content (AvgIpc) is 3.22. The summed E-state index contributed by atoms with van der Waals surface area (Å²) in [6.45, 7) is 5.36. The molecule has 2 amide bonds. The number of halogens is 1. The first-order valence-corrected chi connectivity index (χ1v) is 9.87. The molecule has 1 heterocycles. The van der Waals surface area contributed by atoms with E-state index in [2.05, 4.69) is 5.32 Å². The van der Waals surface area contributed by atoms with Crippen molar-refractivity contribution in [3.05, 3.63) is 71.5 Å². The summed E-state index contributed by atoms with van der Waals surface area (Å²) in [5, 5.41) is 2.98. The average molecular weight is 382 g/mol. The molecule has 1 unspecified atom stereocenters. The normalized spacial score (nSPS) is 16.1. The van der Waals surface area contributed by atoms with E-state index < -0.39 is 12.0 Å². The van der Waals surface area contributed by atoms with Gasteiger partial charge < -0.3 is 10.2 Å². The monoisotopic (exact) mass is 382 g/mol. The van der Waals surface area contributed by atoms with Gasteiger partial charge in [0.2, 0.25) is 11.8 Å². The largest absolute Gasteiger partial charge is 0.341 e. The van der Waals surface area contributed by atoms with Crippen LogP contribution in [0.3, 0.4) is 0 Å². The van der Waals surface area contributed by atoms with E-state index >= 15 is 0 Å². The Morgan fingerprint density at radius 3 is 2.11 bits per heavy atom. The summed E-state index contributed by atoms with van der Waals surface area (Å²) in [5.41, 5.74) is 1.52. The fourth-order valence-corrected chi connectivity index (χ4v) is 3.79. The first kappa shape index (κ1) is 20.1. The molecule has 0 bridgehead atoms. The van der Waals surface area contributed by atoms with Crippen LogP contribution < -0.4 is 5.32 Å². The lowest BCUT2D eigenvalue weighted by Gasteiger charge is -2.27. The van der Waals surface area contributed by atoms with Gasteiger partial charge in [-0.15, -0.1) is 0 Å². The fourth-order valence-electron chi connectivity index (χ4n) is 3.79. The van der Waals surface area contributed by atoms with Gasteiger partial charge in [0, 0.05) is 13.1 Å². The number of hydrogen-bond acceptors (Lipinski definition) is 2. The molecular formula is C23H27FN2O2. The predicted octanol–water partition coefficient (Wildman–Crippen LogP) is 4.05. The Balaban J connectivity index is 1.86. The van der Waals surface area contributed by atoms with E-state index in [-0.39, 0.29) is 23.5 Å². The van der Waals surface area contributed by atoms with E-state index in [1.54, 1.807) is 12.1 Å². The molecular weight excluding hydrogens is 355 g/mol. The van der Waals surface area contributed by atoms with Crippen molar-refractivity contribution in [3.63, 3.8) is 0 Å². The zero-order chi connectivity index (χ0) is 20.1. The van der Waals surface area contributed by atoms with Gasteiger partial charge in [-0.25, -0.2) is 4.39 Å². The maximum Gasteiger partial charge on any atom is 0.249 e. The molecule has 2 atom stereocenters. The zero-order valence-electron chi connectivity index (χ0n) is 16.4. The Kier molecular flexibility index (Phi) is 6.45. The third kappa shape index (κ3) is 4.58. The van der Waals surface area contributed by atoms with Crippen molar-refractivity contribution in [2.75, 3.05) is 13.1 Å². The molecule has 5 heteroatoms. The zero-order valence-corrected chi connectivity index (χ0v) is 16.4. The maximum absolute atomic E-state index is 13.3. The highest BCUT2D eigenvalue weighted by Gasteiger charge is 2.32. The van der Waals surface area contributed by atoms with E-state index in [9.17, 15) is 14.0 Å². The Labute approximate surface area is 165 Å². The molecule has 28 heavy (non-hydrogen) atoms. The number of benzene rings is 2. The molecule has 2 aromatic carbocycles. The quantitative estimate of drug-likeness (QED) is 0.820. The van der Waals surface area contributed by atoms with Gasteiger partial charge in [0.25, 0.3) is 0 Å². The molecule has 0 aromatic heterocycles. The molecule has 0 radical (unpaired) electrons. The number of nitrogens with zero attached hydrogens (tertiary/aromatic N) is 1. The van der Waals surface area contributed by atoms with Gasteiger partial charge in [-0.2, -0.15) is 0 Å². The molecule has 148 valence electrons. The minimum absolute atomic E-state index is 0.00349. The van der Waals surface area contributed by atoms with Crippen LogP contribution in [0.25, 0.3) is 0 Å². The number of likely N-dealkylation sites (tertiary alicyclic amines) is 1. The number of rotatable bonds is 6. The topological polar surface area (TPSA) is 49.4 Å². The molecule has 1 aliphatic heterocycles. The highest BCUT2D eigenvalue weighted by Crippen LogP contribution is 2.27. The van der Waals surface area contributed by atoms with Gasteiger partial charge >= 0.3 is 0 Å². The van der Waals surface area contributed by atoms with Crippen LogP contribution in [0.5, 0.6) is 0 Å². The second-order valence-corrected chi connectivity index (χ2v) is 7.66. The van der Waals surface area contributed by atoms with Gasteiger partial charge in [0.15, 0.2) is 0 Å². The minimum Gasteiger partial charge on any atom is -0.341 e. The molecule has 1 aliphatic rings. The second-order valence-electron chi connectivity index (χ2n) is 7.66. The number of carbonyl (C=O) groups is 2. The van der Waals surface area contributed by atoms with Crippen LogP contribution in [0.15, 0.2) is 54.6 Å². The molecule has 0 spiro atoms. The summed E-state index contributed by atoms with van der Waals surface area (Å²) in [7, 11) is 0. The standard InChI is InChI=1S/C23H27FN2O2/c1-16(2)20(17-10-12-19(24)13-11-17)22(27)25-21(18-8-4-3-5-9-18)23(28)26-14-6-7-15-26/h3-5,8-13,16,20-21H,6-7,14-15H2,1-2H3,(H,25,27)/t20?,21-/m0/s1. The van der Waals surface area contributed by atoms with Crippen LogP contribution in [-0.2, 0) is 9.59 Å². The van der Waals surface area contributed by atoms with Crippen molar-refractivity contribution in [2.45, 2.75) is 38.6 Å². The van der Waals surface area contributed by atoms with Crippen molar-refractivity contribution in [2.24, 2.45) is 5.92 Å². The summed E-state index contributed by atoms with van der Waals surface area (Å²) in [4.78, 5) is 28.1. The molecule has 1 fully saturated rings. The van der Waals surface area contributed by atoms with Crippen molar-refractivity contribution in [1.82, 2.24) is 10.2 Å². The predicted molar refractivity (Wildman–Crippen MR) is 107 cm³/mol. The molecule has 4 nitrogen and oxygen atoms in total. The Morgan fingerprint density at radius 1 is 0.929 bits per heavy atom. The fraction of sp³-hybridized carbons (Fsp3) is 0.391. The first-order chi connectivity index (χ1) is 13.5. The summed E-state index contributed by atoms with van der Waals surface area (Å²) >= 11 is 0. The van der Waals surface area contributed by atoms with Crippen LogP contribution in [-0.4, -0.2) is 29.8 Å². The van der Waals surface area contributed by atoms with Crippen molar-refractivity contribution >= 4 is 11.8 Å². The third-order valence-corrected chi connectivity index (χ3v) is 5.26. The summed E-state index contributed by atoms with van der Waals surface area (Å²) in [5.74, 6) is -1.08. The van der Waals surface area contributed by atoms with Crippen LogP contribution in [0, 0.1) is 11.7 Å². The van der Waals surface area contributed by atoms with Gasteiger partial charge in [0.1, 0.15) is 11.9 Å². The SMILES string of the molecule is CC(C)C(C(=O)N[C@H](C(=O)N1CCCC1)c1ccccc1)c1ccc(F)cc1. The second kappa shape index (κ2) is 9.00.